The number of rotatable bonds is 3. The molecule has 1 N–H and O–H groups in total. The molecular weight excluding hydrogens is 226 g/mol. The zero-order valence-corrected chi connectivity index (χ0v) is 10.4. The Labute approximate surface area is 97.8 Å². The van der Waals surface area contributed by atoms with Gasteiger partial charge in [-0.25, -0.2) is 4.98 Å². The van der Waals surface area contributed by atoms with Crippen LogP contribution in [0.2, 0.25) is 0 Å². The van der Waals surface area contributed by atoms with Gasteiger partial charge in [0.05, 0.1) is 6.04 Å². The van der Waals surface area contributed by atoms with Crippen molar-refractivity contribution in [3.8, 4) is 0 Å². The van der Waals surface area contributed by atoms with E-state index in [1.54, 1.807) is 11.3 Å². The van der Waals surface area contributed by atoms with Crippen molar-refractivity contribution in [1.29, 1.82) is 0 Å². The number of hydrogen-bond donors (Lipinski definition) is 1. The number of hydrogen-bond acceptors (Lipinski definition) is 3. The molecule has 0 aliphatic rings. The lowest BCUT2D eigenvalue weighted by Gasteiger charge is -2.09. The maximum Gasteiger partial charge on any atom is 0.177 e. The van der Waals surface area contributed by atoms with Crippen molar-refractivity contribution in [1.82, 2.24) is 14.5 Å². The molecule has 0 saturated heterocycles. The maximum absolute atomic E-state index is 5.18. The van der Waals surface area contributed by atoms with Crippen LogP contribution in [-0.4, -0.2) is 14.5 Å². The molecule has 2 rings (SSSR count). The topological polar surface area (TPSA) is 33.6 Å². The molecule has 0 aliphatic carbocycles. The van der Waals surface area contributed by atoms with E-state index < -0.39 is 0 Å². The van der Waals surface area contributed by atoms with Gasteiger partial charge in [0.1, 0.15) is 5.01 Å². The summed E-state index contributed by atoms with van der Waals surface area (Å²) in [5.74, 6) is 0. The second kappa shape index (κ2) is 4.28. The first-order chi connectivity index (χ1) is 7.22. The second-order valence-corrected chi connectivity index (χ2v) is 4.90. The van der Waals surface area contributed by atoms with Gasteiger partial charge in [-0.2, -0.15) is 0 Å². The Bertz CT molecular complexity index is 494. The molecule has 80 valence electrons. The first-order valence-corrected chi connectivity index (χ1v) is 6.15. The number of imidazole rings is 1. The molecule has 0 bridgehead atoms. The molecular formula is C10H13N3S2. The van der Waals surface area contributed by atoms with Crippen LogP contribution in [0, 0.1) is 4.77 Å². The van der Waals surface area contributed by atoms with Crippen molar-refractivity contribution >= 4 is 23.6 Å². The fraction of sp³-hybridized carbons (Fsp3) is 0.400. The van der Waals surface area contributed by atoms with Gasteiger partial charge in [-0.3, -0.25) is 0 Å². The van der Waals surface area contributed by atoms with Gasteiger partial charge >= 0.3 is 0 Å². The molecule has 3 nitrogen and oxygen atoms in total. The molecule has 15 heavy (non-hydrogen) atoms. The molecule has 0 fully saturated rings. The first kappa shape index (κ1) is 10.6. The van der Waals surface area contributed by atoms with Gasteiger partial charge in [0.2, 0.25) is 0 Å². The fourth-order valence-electron chi connectivity index (χ4n) is 1.43. The second-order valence-electron chi connectivity index (χ2n) is 3.37. The quantitative estimate of drug-likeness (QED) is 0.835. The minimum absolute atomic E-state index is 0.217. The highest BCUT2D eigenvalue weighted by atomic mass is 32.1. The van der Waals surface area contributed by atoms with E-state index in [1.807, 2.05) is 23.2 Å². The predicted molar refractivity (Wildman–Crippen MR) is 64.9 cm³/mol. The van der Waals surface area contributed by atoms with Crippen LogP contribution in [-0.2, 0) is 6.42 Å². The summed E-state index contributed by atoms with van der Waals surface area (Å²) in [6.45, 7) is 4.26. The monoisotopic (exact) mass is 239 g/mol. The summed E-state index contributed by atoms with van der Waals surface area (Å²) in [5.41, 5.74) is 0. The summed E-state index contributed by atoms with van der Waals surface area (Å²) in [7, 11) is 0. The predicted octanol–water partition coefficient (Wildman–Crippen LogP) is 3.17. The van der Waals surface area contributed by atoms with Gasteiger partial charge in [-0.1, -0.05) is 6.92 Å². The lowest BCUT2D eigenvalue weighted by atomic mass is 10.3. The van der Waals surface area contributed by atoms with E-state index in [0.717, 1.165) is 16.2 Å². The third kappa shape index (κ3) is 2.03. The minimum Gasteiger partial charge on any atom is -0.337 e. The van der Waals surface area contributed by atoms with Crippen molar-refractivity contribution in [2.45, 2.75) is 26.3 Å². The smallest absolute Gasteiger partial charge is 0.177 e. The third-order valence-electron chi connectivity index (χ3n) is 2.37. The van der Waals surface area contributed by atoms with Crippen LogP contribution < -0.4 is 0 Å². The number of H-pyrrole nitrogens is 1. The van der Waals surface area contributed by atoms with Gasteiger partial charge in [0.25, 0.3) is 0 Å². The largest absolute Gasteiger partial charge is 0.337 e. The summed E-state index contributed by atoms with van der Waals surface area (Å²) < 4.78 is 2.77. The Morgan fingerprint density at radius 3 is 3.00 bits per heavy atom. The molecule has 0 radical (unpaired) electrons. The van der Waals surface area contributed by atoms with Crippen LogP contribution in [0.1, 0.15) is 29.8 Å². The van der Waals surface area contributed by atoms with Crippen LogP contribution in [0.3, 0.4) is 0 Å². The van der Waals surface area contributed by atoms with Crippen LogP contribution in [0.15, 0.2) is 18.6 Å². The van der Waals surface area contributed by atoms with E-state index in [9.17, 15) is 0 Å². The standard InChI is InChI=1S/C10H13N3S2/c1-3-8-6-12-9(15-8)7(2)13-5-4-11-10(13)14/h4-7H,3H2,1-2H3,(H,11,14). The average Bonchev–Trinajstić information content (AvgIpc) is 2.84. The molecule has 5 heteroatoms. The fourth-order valence-corrected chi connectivity index (χ4v) is 2.63. The van der Waals surface area contributed by atoms with Crippen molar-refractivity contribution in [3.63, 3.8) is 0 Å². The van der Waals surface area contributed by atoms with Gasteiger partial charge in [0, 0.05) is 23.5 Å². The maximum atomic E-state index is 5.18. The summed E-state index contributed by atoms with van der Waals surface area (Å²) in [4.78, 5) is 8.73. The van der Waals surface area contributed by atoms with E-state index in [0.29, 0.717) is 0 Å². The average molecular weight is 239 g/mol. The Balaban J connectivity index is 2.32. The van der Waals surface area contributed by atoms with Gasteiger partial charge < -0.3 is 9.55 Å². The highest BCUT2D eigenvalue weighted by Crippen LogP contribution is 2.23. The zero-order chi connectivity index (χ0) is 10.8. The van der Waals surface area contributed by atoms with E-state index in [-0.39, 0.29) is 6.04 Å². The van der Waals surface area contributed by atoms with E-state index in [4.69, 9.17) is 12.2 Å². The Hall–Kier alpha value is -0.940. The zero-order valence-electron chi connectivity index (χ0n) is 8.73. The summed E-state index contributed by atoms with van der Waals surface area (Å²) in [6, 6.07) is 0.217. The highest BCUT2D eigenvalue weighted by molar-refractivity contribution is 7.71. The molecule has 2 heterocycles. The molecule has 2 aromatic rings. The Kier molecular flexibility index (Phi) is 3.02. The molecule has 1 atom stereocenters. The lowest BCUT2D eigenvalue weighted by molar-refractivity contribution is 0.626. The van der Waals surface area contributed by atoms with Crippen LogP contribution >= 0.6 is 23.6 Å². The summed E-state index contributed by atoms with van der Waals surface area (Å²) in [6.07, 6.45) is 6.81. The van der Waals surface area contributed by atoms with E-state index in [1.165, 1.54) is 4.88 Å². The molecule has 0 aromatic carbocycles. The highest BCUT2D eigenvalue weighted by Gasteiger charge is 2.12. The van der Waals surface area contributed by atoms with Crippen LogP contribution in [0.4, 0.5) is 0 Å². The van der Waals surface area contributed by atoms with Crippen molar-refractivity contribution in [2.24, 2.45) is 0 Å². The molecule has 0 aliphatic heterocycles. The number of aryl methyl sites for hydroxylation is 1. The number of aromatic nitrogens is 3. The normalized spacial score (nSPS) is 12.9. The SMILES string of the molecule is CCc1cnc(C(C)n2cc[nH]c2=S)s1. The van der Waals surface area contributed by atoms with E-state index >= 15 is 0 Å². The molecule has 0 spiro atoms. The lowest BCUT2D eigenvalue weighted by Crippen LogP contribution is -2.04. The van der Waals surface area contributed by atoms with Crippen molar-refractivity contribution in [2.75, 3.05) is 0 Å². The summed E-state index contributed by atoms with van der Waals surface area (Å²) >= 11 is 6.94. The van der Waals surface area contributed by atoms with E-state index in [2.05, 4.69) is 23.8 Å². The molecule has 1 unspecified atom stereocenters. The minimum atomic E-state index is 0.217. The van der Waals surface area contributed by atoms with Gasteiger partial charge in [-0.15, -0.1) is 11.3 Å². The molecule has 0 saturated carbocycles. The molecule has 0 amide bonds. The third-order valence-corrected chi connectivity index (χ3v) is 4.01. The number of nitrogens with one attached hydrogen (secondary N) is 1. The van der Waals surface area contributed by atoms with Crippen LogP contribution in [0.25, 0.3) is 0 Å². The molecule has 2 aromatic heterocycles. The van der Waals surface area contributed by atoms with Gasteiger partial charge in [-0.05, 0) is 25.6 Å². The van der Waals surface area contributed by atoms with Crippen molar-refractivity contribution in [3.05, 3.63) is 33.2 Å². The van der Waals surface area contributed by atoms with Crippen molar-refractivity contribution < 1.29 is 0 Å². The number of aromatic amines is 1. The number of nitrogens with zero attached hydrogens (tertiary/aromatic N) is 2. The summed E-state index contributed by atoms with van der Waals surface area (Å²) in [5, 5.41) is 1.11. The Morgan fingerprint density at radius 2 is 2.47 bits per heavy atom. The van der Waals surface area contributed by atoms with Gasteiger partial charge in [0.15, 0.2) is 4.77 Å². The first-order valence-electron chi connectivity index (χ1n) is 4.92. The Morgan fingerprint density at radius 1 is 1.67 bits per heavy atom. The van der Waals surface area contributed by atoms with Crippen LogP contribution in [0.5, 0.6) is 0 Å². The number of thiazole rings is 1.